The van der Waals surface area contributed by atoms with Crippen molar-refractivity contribution in [3.8, 4) is 0 Å². The minimum Gasteiger partial charge on any atom is -0.340 e. The normalized spacial score (nSPS) is 19.5. The van der Waals surface area contributed by atoms with Gasteiger partial charge in [-0.25, -0.2) is 0 Å². The lowest BCUT2D eigenvalue weighted by Crippen LogP contribution is -2.35. The van der Waals surface area contributed by atoms with Crippen molar-refractivity contribution in [3.05, 3.63) is 0 Å². The highest BCUT2D eigenvalue weighted by Crippen LogP contribution is 2.60. The third-order valence-corrected chi connectivity index (χ3v) is 2.16. The van der Waals surface area contributed by atoms with Crippen LogP contribution in [0.15, 0.2) is 0 Å². The highest BCUT2D eigenvalue weighted by molar-refractivity contribution is 7.58. The maximum Gasteiger partial charge on any atom is 0.463 e. The molecule has 0 aliphatic heterocycles. The molecule has 8 heteroatoms. The highest BCUT2D eigenvalue weighted by atomic mass is 31.2. The van der Waals surface area contributed by atoms with Gasteiger partial charge in [-0.3, -0.25) is 4.57 Å². The van der Waals surface area contributed by atoms with E-state index in [0.29, 0.717) is 0 Å². The summed E-state index contributed by atoms with van der Waals surface area (Å²) in [7, 11) is -5.45. The summed E-state index contributed by atoms with van der Waals surface area (Å²) in [6.45, 7) is -0.0412. The van der Waals surface area contributed by atoms with E-state index in [4.69, 9.17) is 4.89 Å². The van der Waals surface area contributed by atoms with E-state index in [-0.39, 0.29) is 6.66 Å². The fourth-order valence-corrected chi connectivity index (χ4v) is 0.706. The summed E-state index contributed by atoms with van der Waals surface area (Å²) in [5, 5.41) is 0. The zero-order chi connectivity index (χ0) is 9.50. The van der Waals surface area contributed by atoms with E-state index in [1.807, 2.05) is 0 Å². The monoisotopic (exact) mass is 198 g/mol. The first kappa shape index (κ1) is 10.8. The van der Waals surface area contributed by atoms with Gasteiger partial charge < -0.3 is 4.89 Å². The summed E-state index contributed by atoms with van der Waals surface area (Å²) < 4.78 is 67.3. The Morgan fingerprint density at radius 3 is 1.45 bits per heavy atom. The molecule has 0 saturated heterocycles. The zero-order valence-corrected chi connectivity index (χ0v) is 6.09. The Bertz CT molecular complexity index is 190. The van der Waals surface area contributed by atoms with Crippen LogP contribution in [-0.4, -0.2) is 23.4 Å². The van der Waals surface area contributed by atoms with Crippen LogP contribution in [0.5, 0.6) is 0 Å². The Kier molecular flexibility index (Phi) is 2.38. The number of hydrogen-bond donors (Lipinski definition) is 1. The van der Waals surface area contributed by atoms with Gasteiger partial charge in [0.15, 0.2) is 0 Å². The Hall–Kier alpha value is -0.160. The molecular formula is C3H4F5O2P. The number of rotatable bonds is 1. The molecule has 0 aromatic rings. The van der Waals surface area contributed by atoms with Crippen LogP contribution >= 0.6 is 7.37 Å². The first-order valence-electron chi connectivity index (χ1n) is 2.25. The third kappa shape index (κ3) is 1.90. The molecule has 68 valence electrons. The lowest BCUT2D eigenvalue weighted by Gasteiger charge is -2.21. The molecule has 2 nitrogen and oxygen atoms in total. The number of hydrogen-bond acceptors (Lipinski definition) is 1. The largest absolute Gasteiger partial charge is 0.463 e. The van der Waals surface area contributed by atoms with E-state index in [9.17, 15) is 26.5 Å². The molecule has 0 aromatic heterocycles. The van der Waals surface area contributed by atoms with E-state index < -0.39 is 19.2 Å². The van der Waals surface area contributed by atoms with E-state index in [0.717, 1.165) is 0 Å². The average Bonchev–Trinajstić information content (AvgIpc) is 1.58. The molecule has 0 amide bonds. The Morgan fingerprint density at radius 2 is 1.45 bits per heavy atom. The predicted octanol–water partition coefficient (Wildman–Crippen LogP) is 2.04. The first-order chi connectivity index (χ1) is 4.50. The van der Waals surface area contributed by atoms with Gasteiger partial charge in [0, 0.05) is 6.66 Å². The van der Waals surface area contributed by atoms with Crippen molar-refractivity contribution in [1.82, 2.24) is 0 Å². The molecule has 0 fully saturated rings. The van der Waals surface area contributed by atoms with Crippen molar-refractivity contribution in [3.63, 3.8) is 0 Å². The quantitative estimate of drug-likeness (QED) is 0.517. The smallest absolute Gasteiger partial charge is 0.340 e. The number of halogens is 5. The molecule has 1 atom stereocenters. The fourth-order valence-electron chi connectivity index (χ4n) is 0.235. The van der Waals surface area contributed by atoms with Crippen molar-refractivity contribution in [1.29, 1.82) is 0 Å². The molecule has 1 unspecified atom stereocenters. The summed E-state index contributed by atoms with van der Waals surface area (Å²) >= 11 is 0. The minimum atomic E-state index is -5.97. The minimum absolute atomic E-state index is 0.0412. The molecule has 0 spiro atoms. The van der Waals surface area contributed by atoms with E-state index in [2.05, 4.69) is 0 Å². The Morgan fingerprint density at radius 1 is 1.18 bits per heavy atom. The molecule has 0 rings (SSSR count). The molecule has 0 aliphatic carbocycles. The molecule has 0 heterocycles. The zero-order valence-electron chi connectivity index (χ0n) is 5.19. The van der Waals surface area contributed by atoms with E-state index >= 15 is 0 Å². The molecule has 0 bridgehead atoms. The maximum absolute atomic E-state index is 11.8. The van der Waals surface area contributed by atoms with Crippen LogP contribution in [0, 0.1) is 0 Å². The van der Waals surface area contributed by atoms with Crippen molar-refractivity contribution in [2.45, 2.75) is 11.8 Å². The van der Waals surface area contributed by atoms with Crippen molar-refractivity contribution in [2.24, 2.45) is 0 Å². The third-order valence-electron chi connectivity index (χ3n) is 0.862. The standard InChI is InChI=1S/C3H4F5O2P/c1-11(9,10)3(7,8)2(4,5)6/h1H3,(H,9,10). The van der Waals surface area contributed by atoms with Gasteiger partial charge in [0.1, 0.15) is 0 Å². The van der Waals surface area contributed by atoms with Crippen molar-refractivity contribution >= 4 is 7.37 Å². The second-order valence-corrected chi connectivity index (χ2v) is 4.24. The first-order valence-corrected chi connectivity index (χ1v) is 4.36. The van der Waals surface area contributed by atoms with Crippen molar-refractivity contribution < 1.29 is 31.4 Å². The van der Waals surface area contributed by atoms with Gasteiger partial charge in [-0.2, -0.15) is 22.0 Å². The summed E-state index contributed by atoms with van der Waals surface area (Å²) in [5.41, 5.74) is -5.51. The second kappa shape index (κ2) is 2.42. The second-order valence-electron chi connectivity index (χ2n) is 1.92. The van der Waals surface area contributed by atoms with Gasteiger partial charge >= 0.3 is 11.8 Å². The van der Waals surface area contributed by atoms with Gasteiger partial charge in [-0.15, -0.1) is 0 Å². The van der Waals surface area contributed by atoms with Crippen LogP contribution in [-0.2, 0) is 4.57 Å². The molecule has 11 heavy (non-hydrogen) atoms. The van der Waals surface area contributed by atoms with Gasteiger partial charge in [0.05, 0.1) is 0 Å². The summed E-state index contributed by atoms with van der Waals surface area (Å²) in [6.07, 6.45) is -5.97. The van der Waals surface area contributed by atoms with Gasteiger partial charge in [0.2, 0.25) is 0 Å². The van der Waals surface area contributed by atoms with E-state index in [1.54, 1.807) is 0 Å². The average molecular weight is 198 g/mol. The Balaban J connectivity index is 4.91. The summed E-state index contributed by atoms with van der Waals surface area (Å²) in [5.74, 6) is 0. The predicted molar refractivity (Wildman–Crippen MR) is 26.8 cm³/mol. The van der Waals surface area contributed by atoms with Gasteiger partial charge in [-0.05, 0) is 0 Å². The van der Waals surface area contributed by atoms with Crippen LogP contribution in [0.3, 0.4) is 0 Å². The maximum atomic E-state index is 11.8. The summed E-state index contributed by atoms with van der Waals surface area (Å²) in [6, 6.07) is 0. The van der Waals surface area contributed by atoms with Crippen LogP contribution < -0.4 is 0 Å². The summed E-state index contributed by atoms with van der Waals surface area (Å²) in [4.78, 5) is 7.97. The van der Waals surface area contributed by atoms with Crippen LogP contribution in [0.4, 0.5) is 22.0 Å². The molecule has 0 aliphatic rings. The molecule has 0 aromatic carbocycles. The highest BCUT2D eigenvalue weighted by Gasteiger charge is 2.67. The SMILES string of the molecule is CP(=O)(O)C(F)(F)C(F)(F)F. The van der Waals surface area contributed by atoms with Gasteiger partial charge in [0.25, 0.3) is 7.37 Å². The van der Waals surface area contributed by atoms with Crippen LogP contribution in [0.1, 0.15) is 0 Å². The van der Waals surface area contributed by atoms with E-state index in [1.165, 1.54) is 0 Å². The number of alkyl halides is 5. The van der Waals surface area contributed by atoms with Crippen LogP contribution in [0.25, 0.3) is 0 Å². The molecule has 0 radical (unpaired) electrons. The molecule has 1 N–H and O–H groups in total. The van der Waals surface area contributed by atoms with Gasteiger partial charge in [-0.1, -0.05) is 0 Å². The molecular weight excluding hydrogens is 194 g/mol. The lowest BCUT2D eigenvalue weighted by atomic mass is 10.7. The van der Waals surface area contributed by atoms with Crippen LogP contribution in [0.2, 0.25) is 0 Å². The lowest BCUT2D eigenvalue weighted by molar-refractivity contribution is -0.245. The van der Waals surface area contributed by atoms with Crippen molar-refractivity contribution in [2.75, 3.05) is 6.66 Å². The molecule has 0 saturated carbocycles. The Labute approximate surface area is 58.5 Å². The topological polar surface area (TPSA) is 37.3 Å². The fraction of sp³-hybridized carbons (Fsp3) is 1.00.